The van der Waals surface area contributed by atoms with Crippen LogP contribution in [0.25, 0.3) is 0 Å². The molecule has 0 radical (unpaired) electrons. The van der Waals surface area contributed by atoms with Crippen molar-refractivity contribution >= 4 is 11.5 Å². The van der Waals surface area contributed by atoms with Gasteiger partial charge in [0.2, 0.25) is 0 Å². The fourth-order valence-electron chi connectivity index (χ4n) is 2.44. The number of ketones is 1. The number of anilines is 1. The Hall–Kier alpha value is -1.75. The van der Waals surface area contributed by atoms with Gasteiger partial charge in [-0.3, -0.25) is 4.79 Å². The van der Waals surface area contributed by atoms with Crippen LogP contribution in [-0.2, 0) is 0 Å². The summed E-state index contributed by atoms with van der Waals surface area (Å²) in [6, 6.07) is 7.94. The van der Waals surface area contributed by atoms with Crippen molar-refractivity contribution in [1.29, 1.82) is 0 Å². The minimum atomic E-state index is 0.125. The molecule has 0 aromatic heterocycles. The average Bonchev–Trinajstić information content (AvgIpc) is 2.46. The Balaban J connectivity index is 1.96. The van der Waals surface area contributed by atoms with Gasteiger partial charge >= 0.3 is 0 Å². The first-order valence-electron chi connectivity index (χ1n) is 7.05. The summed E-state index contributed by atoms with van der Waals surface area (Å²) >= 11 is 0. The number of carbonyl (C=O) groups is 1. The second kappa shape index (κ2) is 6.43. The Bertz CT molecular complexity index is 484. The van der Waals surface area contributed by atoms with Gasteiger partial charge in [0.15, 0.2) is 5.78 Å². The highest BCUT2D eigenvalue weighted by Gasteiger charge is 2.17. The van der Waals surface area contributed by atoms with E-state index in [4.69, 9.17) is 0 Å². The summed E-state index contributed by atoms with van der Waals surface area (Å²) in [5.41, 5.74) is 2.00. The number of Topliss-reactive ketones (excluding diaryl/α,β-unsaturated/α-hetero) is 1. The Morgan fingerprint density at radius 2 is 1.89 bits per heavy atom. The van der Waals surface area contributed by atoms with E-state index >= 15 is 0 Å². The summed E-state index contributed by atoms with van der Waals surface area (Å²) in [7, 11) is 0. The Morgan fingerprint density at radius 3 is 2.42 bits per heavy atom. The molecule has 1 aromatic rings. The van der Waals surface area contributed by atoms with Crippen LogP contribution in [0.15, 0.2) is 24.3 Å². The second-order valence-electron chi connectivity index (χ2n) is 5.04. The molecule has 0 atom stereocenters. The molecule has 0 N–H and O–H groups in total. The van der Waals surface area contributed by atoms with E-state index in [-0.39, 0.29) is 5.78 Å². The number of carbonyl (C=O) groups excluding carboxylic acids is 1. The number of hydrogen-bond acceptors (Lipinski definition) is 2. The molecule has 0 unspecified atom stereocenters. The molecular formula is C17H21NO. The van der Waals surface area contributed by atoms with E-state index in [0.717, 1.165) is 37.9 Å². The van der Waals surface area contributed by atoms with E-state index in [1.54, 1.807) is 6.92 Å². The highest BCUT2D eigenvalue weighted by atomic mass is 16.1. The highest BCUT2D eigenvalue weighted by molar-refractivity contribution is 5.94. The maximum absolute atomic E-state index is 11.2. The van der Waals surface area contributed by atoms with Gasteiger partial charge in [-0.15, -0.1) is 5.92 Å². The minimum absolute atomic E-state index is 0.125. The van der Waals surface area contributed by atoms with Gasteiger partial charge in [0.05, 0.1) is 0 Å². The van der Waals surface area contributed by atoms with Crippen LogP contribution in [0.4, 0.5) is 5.69 Å². The summed E-state index contributed by atoms with van der Waals surface area (Å²) < 4.78 is 0. The zero-order valence-electron chi connectivity index (χ0n) is 11.8. The zero-order valence-corrected chi connectivity index (χ0v) is 11.8. The van der Waals surface area contributed by atoms with E-state index in [2.05, 4.69) is 35.8 Å². The number of nitrogens with zero attached hydrogens (tertiary/aromatic N) is 1. The number of piperidine rings is 1. The Labute approximate surface area is 115 Å². The first-order valence-corrected chi connectivity index (χ1v) is 7.05. The first-order chi connectivity index (χ1) is 9.20. The average molecular weight is 255 g/mol. The molecule has 2 nitrogen and oxygen atoms in total. The summed E-state index contributed by atoms with van der Waals surface area (Å²) in [6.45, 7) is 5.82. The van der Waals surface area contributed by atoms with Gasteiger partial charge in [-0.05, 0) is 44.0 Å². The quantitative estimate of drug-likeness (QED) is 0.595. The molecule has 19 heavy (non-hydrogen) atoms. The molecule has 0 spiro atoms. The maximum atomic E-state index is 11.2. The molecule has 1 saturated heterocycles. The lowest BCUT2D eigenvalue weighted by molar-refractivity contribution is 0.101. The van der Waals surface area contributed by atoms with Crippen LogP contribution >= 0.6 is 0 Å². The van der Waals surface area contributed by atoms with E-state index in [0.29, 0.717) is 5.92 Å². The minimum Gasteiger partial charge on any atom is -0.371 e. The Kier molecular flexibility index (Phi) is 4.63. The molecule has 1 aliphatic heterocycles. The van der Waals surface area contributed by atoms with Crippen LogP contribution in [0.5, 0.6) is 0 Å². The van der Waals surface area contributed by atoms with Crippen LogP contribution < -0.4 is 4.90 Å². The van der Waals surface area contributed by atoms with Gasteiger partial charge in [-0.2, -0.15) is 0 Å². The van der Waals surface area contributed by atoms with E-state index in [1.165, 1.54) is 5.69 Å². The van der Waals surface area contributed by atoms with Gasteiger partial charge in [-0.25, -0.2) is 0 Å². The molecule has 1 aromatic carbocycles. The van der Waals surface area contributed by atoms with E-state index < -0.39 is 0 Å². The van der Waals surface area contributed by atoms with Crippen molar-refractivity contribution in [2.24, 2.45) is 5.92 Å². The van der Waals surface area contributed by atoms with Crippen molar-refractivity contribution < 1.29 is 4.79 Å². The van der Waals surface area contributed by atoms with E-state index in [1.807, 2.05) is 12.1 Å². The molecular weight excluding hydrogens is 234 g/mol. The van der Waals surface area contributed by atoms with Crippen molar-refractivity contribution in [2.45, 2.75) is 33.1 Å². The molecule has 0 amide bonds. The fourth-order valence-corrected chi connectivity index (χ4v) is 2.44. The first kappa shape index (κ1) is 13.7. The van der Waals surface area contributed by atoms with Gasteiger partial charge in [0, 0.05) is 36.7 Å². The van der Waals surface area contributed by atoms with Crippen molar-refractivity contribution in [3.05, 3.63) is 29.8 Å². The molecule has 2 rings (SSSR count). The summed E-state index contributed by atoms with van der Waals surface area (Å²) in [6.07, 6.45) is 3.23. The van der Waals surface area contributed by atoms with Crippen LogP contribution in [0.3, 0.4) is 0 Å². The van der Waals surface area contributed by atoms with E-state index in [9.17, 15) is 4.79 Å². The van der Waals surface area contributed by atoms with Gasteiger partial charge < -0.3 is 4.90 Å². The van der Waals surface area contributed by atoms with Crippen molar-refractivity contribution in [3.8, 4) is 11.8 Å². The molecule has 1 heterocycles. The van der Waals surface area contributed by atoms with Crippen LogP contribution in [0.2, 0.25) is 0 Å². The molecule has 100 valence electrons. The highest BCUT2D eigenvalue weighted by Crippen LogP contribution is 2.23. The summed E-state index contributed by atoms with van der Waals surface area (Å²) in [4.78, 5) is 13.6. The van der Waals surface area contributed by atoms with Gasteiger partial charge in [0.1, 0.15) is 0 Å². The van der Waals surface area contributed by atoms with Crippen LogP contribution in [-0.4, -0.2) is 18.9 Å². The molecule has 0 aliphatic carbocycles. The molecule has 1 aliphatic rings. The third-order valence-corrected chi connectivity index (χ3v) is 3.62. The summed E-state index contributed by atoms with van der Waals surface area (Å²) in [5, 5.41) is 0. The third-order valence-electron chi connectivity index (χ3n) is 3.62. The van der Waals surface area contributed by atoms with Crippen molar-refractivity contribution in [2.75, 3.05) is 18.0 Å². The predicted molar refractivity (Wildman–Crippen MR) is 79.5 cm³/mol. The second-order valence-corrected chi connectivity index (χ2v) is 5.04. The number of hydrogen-bond donors (Lipinski definition) is 0. The van der Waals surface area contributed by atoms with Crippen molar-refractivity contribution in [3.63, 3.8) is 0 Å². The maximum Gasteiger partial charge on any atom is 0.159 e. The lowest BCUT2D eigenvalue weighted by Crippen LogP contribution is -2.33. The van der Waals surface area contributed by atoms with Crippen molar-refractivity contribution in [1.82, 2.24) is 0 Å². The predicted octanol–water partition coefficient (Wildman–Crippen LogP) is 3.52. The molecule has 2 heteroatoms. The van der Waals surface area contributed by atoms with Gasteiger partial charge in [-0.1, -0.05) is 12.8 Å². The normalized spacial score (nSPS) is 15.8. The van der Waals surface area contributed by atoms with Gasteiger partial charge in [0.25, 0.3) is 0 Å². The fraction of sp³-hybridized carbons (Fsp3) is 0.471. The lowest BCUT2D eigenvalue weighted by Gasteiger charge is -2.31. The largest absolute Gasteiger partial charge is 0.371 e. The molecule has 0 bridgehead atoms. The SMILES string of the molecule is CCC#CC1CCN(c2ccc(C(C)=O)cc2)CC1. The zero-order chi connectivity index (χ0) is 13.7. The standard InChI is InChI=1S/C17H21NO/c1-3-4-5-15-10-12-18(13-11-15)17-8-6-16(7-9-17)14(2)19/h6-9,15H,3,10-13H2,1-2H3. The summed E-state index contributed by atoms with van der Waals surface area (Å²) in [5.74, 6) is 7.22. The molecule has 1 fully saturated rings. The third kappa shape index (κ3) is 3.61. The monoisotopic (exact) mass is 255 g/mol. The Morgan fingerprint density at radius 1 is 1.26 bits per heavy atom. The number of rotatable bonds is 2. The lowest BCUT2D eigenvalue weighted by atomic mass is 9.97. The molecule has 0 saturated carbocycles. The topological polar surface area (TPSA) is 20.3 Å². The smallest absolute Gasteiger partial charge is 0.159 e. The number of benzene rings is 1. The van der Waals surface area contributed by atoms with Crippen LogP contribution in [0.1, 0.15) is 43.5 Å². The van der Waals surface area contributed by atoms with Crippen LogP contribution in [0, 0.1) is 17.8 Å².